The zero-order valence-corrected chi connectivity index (χ0v) is 19.0. The molecule has 1 saturated heterocycles. The van der Waals surface area contributed by atoms with Crippen LogP contribution in [0.2, 0.25) is 0 Å². The molecule has 1 amide bonds. The summed E-state index contributed by atoms with van der Waals surface area (Å²) >= 11 is 1.15. The van der Waals surface area contributed by atoms with Crippen LogP contribution in [-0.2, 0) is 0 Å². The average Bonchev–Trinajstić information content (AvgIpc) is 3.24. The highest BCUT2D eigenvalue weighted by Gasteiger charge is 2.33. The molecule has 0 aliphatic carbocycles. The van der Waals surface area contributed by atoms with Gasteiger partial charge in [-0.3, -0.25) is 4.79 Å². The van der Waals surface area contributed by atoms with Gasteiger partial charge in [-0.1, -0.05) is 16.6 Å². The minimum absolute atomic E-state index is 0.0251. The van der Waals surface area contributed by atoms with Crippen molar-refractivity contribution in [2.24, 2.45) is 0 Å². The van der Waals surface area contributed by atoms with Crippen molar-refractivity contribution in [2.45, 2.75) is 32.2 Å². The largest absolute Gasteiger partial charge is 0.497 e. The van der Waals surface area contributed by atoms with Gasteiger partial charge in [0.05, 0.1) is 24.5 Å². The van der Waals surface area contributed by atoms with E-state index in [4.69, 9.17) is 9.72 Å². The van der Waals surface area contributed by atoms with Crippen molar-refractivity contribution in [3.63, 3.8) is 0 Å². The topological polar surface area (TPSA) is 84.3 Å². The molecule has 8 nitrogen and oxygen atoms in total. The normalized spacial score (nSPS) is 16.3. The standard InChI is InChI=1S/C22H26N6O2S/c1-14-20(31-26-25-14)21(29)28-12-6-5-7-18(28)19-17(13-23-22(24-19)27(2)3)15-8-10-16(30-4)11-9-15/h8-11,13,18H,5-7,12H2,1-4H3/t18-/m0/s1. The quantitative estimate of drug-likeness (QED) is 0.600. The number of aryl methyl sites for hydroxylation is 1. The molecule has 0 radical (unpaired) electrons. The number of amides is 1. The van der Waals surface area contributed by atoms with E-state index in [1.54, 1.807) is 7.11 Å². The fourth-order valence-corrected chi connectivity index (χ4v) is 4.48. The molecule has 0 saturated carbocycles. The van der Waals surface area contributed by atoms with E-state index in [2.05, 4.69) is 14.6 Å². The second kappa shape index (κ2) is 8.97. The van der Waals surface area contributed by atoms with E-state index in [1.165, 1.54) is 0 Å². The number of aromatic nitrogens is 4. The van der Waals surface area contributed by atoms with E-state index in [0.717, 1.165) is 53.4 Å². The van der Waals surface area contributed by atoms with Crippen molar-refractivity contribution in [1.82, 2.24) is 24.5 Å². The first kappa shape index (κ1) is 21.2. The Balaban J connectivity index is 1.80. The number of likely N-dealkylation sites (tertiary alicyclic amines) is 1. The summed E-state index contributed by atoms with van der Waals surface area (Å²) < 4.78 is 9.26. The summed E-state index contributed by atoms with van der Waals surface area (Å²) in [6.45, 7) is 2.51. The predicted octanol–water partition coefficient (Wildman–Crippen LogP) is 3.75. The minimum atomic E-state index is -0.137. The maximum absolute atomic E-state index is 13.4. The Morgan fingerprint density at radius 3 is 2.65 bits per heavy atom. The number of hydrogen-bond donors (Lipinski definition) is 0. The van der Waals surface area contributed by atoms with E-state index >= 15 is 0 Å². The van der Waals surface area contributed by atoms with Gasteiger partial charge in [0.15, 0.2) is 0 Å². The molecule has 0 N–H and O–H groups in total. The van der Waals surface area contributed by atoms with Gasteiger partial charge in [0.2, 0.25) is 5.95 Å². The Morgan fingerprint density at radius 1 is 1.23 bits per heavy atom. The fourth-order valence-electron chi connectivity index (χ4n) is 3.86. The summed E-state index contributed by atoms with van der Waals surface area (Å²) in [6.07, 6.45) is 4.72. The molecule has 0 bridgehead atoms. The number of rotatable bonds is 5. The predicted molar refractivity (Wildman–Crippen MR) is 121 cm³/mol. The van der Waals surface area contributed by atoms with Gasteiger partial charge in [0.1, 0.15) is 10.6 Å². The van der Waals surface area contributed by atoms with Gasteiger partial charge in [0.25, 0.3) is 5.91 Å². The van der Waals surface area contributed by atoms with Crippen LogP contribution in [0.3, 0.4) is 0 Å². The lowest BCUT2D eigenvalue weighted by atomic mass is 9.93. The van der Waals surface area contributed by atoms with Crippen LogP contribution in [-0.4, -0.2) is 58.1 Å². The monoisotopic (exact) mass is 438 g/mol. The Labute approximate surface area is 186 Å². The summed E-state index contributed by atoms with van der Waals surface area (Å²) in [6, 6.07) is 7.72. The second-order valence-corrected chi connectivity index (χ2v) is 8.54. The van der Waals surface area contributed by atoms with Crippen molar-refractivity contribution >= 4 is 23.4 Å². The number of anilines is 1. The first-order valence-electron chi connectivity index (χ1n) is 10.3. The summed E-state index contributed by atoms with van der Waals surface area (Å²) in [5.74, 6) is 1.39. The van der Waals surface area contributed by atoms with Gasteiger partial charge in [-0.05, 0) is 55.4 Å². The maximum Gasteiger partial charge on any atom is 0.268 e. The lowest BCUT2D eigenvalue weighted by Crippen LogP contribution is -2.39. The van der Waals surface area contributed by atoms with E-state index < -0.39 is 0 Å². The van der Waals surface area contributed by atoms with Crippen LogP contribution in [0.15, 0.2) is 30.5 Å². The Morgan fingerprint density at radius 2 is 2.00 bits per heavy atom. The van der Waals surface area contributed by atoms with Gasteiger partial charge < -0.3 is 14.5 Å². The van der Waals surface area contributed by atoms with Gasteiger partial charge in [-0.2, -0.15) is 0 Å². The molecule has 2 aromatic heterocycles. The smallest absolute Gasteiger partial charge is 0.268 e. The number of nitrogens with zero attached hydrogens (tertiary/aromatic N) is 6. The van der Waals surface area contributed by atoms with Crippen LogP contribution < -0.4 is 9.64 Å². The molecule has 0 unspecified atom stereocenters. The molecule has 9 heteroatoms. The van der Waals surface area contributed by atoms with Crippen molar-refractivity contribution in [3.05, 3.63) is 46.7 Å². The van der Waals surface area contributed by atoms with Gasteiger partial charge >= 0.3 is 0 Å². The highest BCUT2D eigenvalue weighted by molar-refractivity contribution is 7.07. The molecule has 4 rings (SSSR count). The highest BCUT2D eigenvalue weighted by atomic mass is 32.1. The number of carbonyl (C=O) groups excluding carboxylic acids is 1. The Kier molecular flexibility index (Phi) is 6.13. The summed E-state index contributed by atoms with van der Waals surface area (Å²) in [5.41, 5.74) is 3.46. The zero-order valence-electron chi connectivity index (χ0n) is 18.2. The van der Waals surface area contributed by atoms with Crippen molar-refractivity contribution in [3.8, 4) is 16.9 Å². The second-order valence-electron chi connectivity index (χ2n) is 7.79. The molecule has 31 heavy (non-hydrogen) atoms. The number of carbonyl (C=O) groups is 1. The molecule has 0 spiro atoms. The van der Waals surface area contributed by atoms with Crippen LogP contribution in [0.5, 0.6) is 5.75 Å². The third kappa shape index (κ3) is 4.23. The molecule has 1 aliphatic heterocycles. The lowest BCUT2D eigenvalue weighted by Gasteiger charge is -2.36. The third-order valence-corrected chi connectivity index (χ3v) is 6.35. The van der Waals surface area contributed by atoms with E-state index in [-0.39, 0.29) is 11.9 Å². The van der Waals surface area contributed by atoms with Crippen LogP contribution >= 0.6 is 11.5 Å². The Hall–Kier alpha value is -3.07. The van der Waals surface area contributed by atoms with Crippen LogP contribution in [0.25, 0.3) is 11.1 Å². The minimum Gasteiger partial charge on any atom is -0.497 e. The van der Waals surface area contributed by atoms with Gasteiger partial charge in [0, 0.05) is 32.4 Å². The lowest BCUT2D eigenvalue weighted by molar-refractivity contribution is 0.0611. The maximum atomic E-state index is 13.4. The Bertz CT molecular complexity index is 1070. The van der Waals surface area contributed by atoms with Crippen molar-refractivity contribution in [1.29, 1.82) is 0 Å². The number of ether oxygens (including phenoxy) is 1. The highest BCUT2D eigenvalue weighted by Crippen LogP contribution is 2.38. The molecular formula is C22H26N6O2S. The number of benzene rings is 1. The molecule has 1 atom stereocenters. The summed E-state index contributed by atoms with van der Waals surface area (Å²) in [5, 5.41) is 4.03. The zero-order chi connectivity index (χ0) is 22.0. The van der Waals surface area contributed by atoms with Gasteiger partial charge in [-0.25, -0.2) is 9.97 Å². The van der Waals surface area contributed by atoms with Gasteiger partial charge in [-0.15, -0.1) is 5.10 Å². The number of methoxy groups -OCH3 is 1. The molecule has 3 aromatic rings. The first-order chi connectivity index (χ1) is 15.0. The fraction of sp³-hybridized carbons (Fsp3) is 0.409. The first-order valence-corrected chi connectivity index (χ1v) is 11.1. The van der Waals surface area contributed by atoms with Crippen molar-refractivity contribution in [2.75, 3.05) is 32.6 Å². The average molecular weight is 439 g/mol. The molecule has 1 aromatic carbocycles. The molecule has 1 aliphatic rings. The number of piperidine rings is 1. The van der Waals surface area contributed by atoms with Crippen LogP contribution in [0.4, 0.5) is 5.95 Å². The third-order valence-electron chi connectivity index (χ3n) is 5.53. The molecule has 1 fully saturated rings. The molecular weight excluding hydrogens is 412 g/mol. The SMILES string of the molecule is COc1ccc(-c2cnc(N(C)C)nc2[C@@H]2CCCCN2C(=O)c2snnc2C)cc1. The summed E-state index contributed by atoms with van der Waals surface area (Å²) in [7, 11) is 5.49. The van der Waals surface area contributed by atoms with Crippen molar-refractivity contribution < 1.29 is 9.53 Å². The summed E-state index contributed by atoms with van der Waals surface area (Å²) in [4.78, 5) is 27.3. The molecule has 162 valence electrons. The van der Waals surface area contributed by atoms with Crippen LogP contribution in [0, 0.1) is 6.92 Å². The van der Waals surface area contributed by atoms with E-state index in [1.807, 2.05) is 61.3 Å². The van der Waals surface area contributed by atoms with Crippen LogP contribution in [0.1, 0.15) is 46.4 Å². The number of hydrogen-bond acceptors (Lipinski definition) is 8. The van der Waals surface area contributed by atoms with E-state index in [0.29, 0.717) is 23.1 Å². The van der Waals surface area contributed by atoms with E-state index in [9.17, 15) is 4.79 Å². The molecule has 3 heterocycles.